The van der Waals surface area contributed by atoms with E-state index in [1.807, 2.05) is 54.6 Å². The molecule has 4 rings (SSSR count). The molecule has 2 aromatic rings. The van der Waals surface area contributed by atoms with Crippen molar-refractivity contribution in [3.05, 3.63) is 65.7 Å². The fraction of sp³-hybridized carbons (Fsp3) is 0.564. The largest absolute Gasteiger partial charge is 0.497 e. The van der Waals surface area contributed by atoms with Crippen molar-refractivity contribution in [3.63, 3.8) is 0 Å². The van der Waals surface area contributed by atoms with Gasteiger partial charge in [0.2, 0.25) is 5.91 Å². The summed E-state index contributed by atoms with van der Waals surface area (Å²) in [6.45, 7) is 4.83. The summed E-state index contributed by atoms with van der Waals surface area (Å²) in [6.07, 6.45) is 9.42. The molecule has 0 radical (unpaired) electrons. The van der Waals surface area contributed by atoms with Gasteiger partial charge < -0.3 is 19.5 Å². The first-order chi connectivity index (χ1) is 24.3. The Morgan fingerprint density at radius 2 is 1.56 bits per heavy atom. The number of likely N-dealkylation sites (tertiary alicyclic amines) is 1. The Kier molecular flexibility index (Phi) is 16.0. The highest BCUT2D eigenvalue weighted by molar-refractivity contribution is 8.00. The third kappa shape index (κ3) is 10.5. The van der Waals surface area contributed by atoms with Crippen LogP contribution in [0.1, 0.15) is 83.3 Å². The van der Waals surface area contributed by atoms with E-state index in [2.05, 4.69) is 26.1 Å². The van der Waals surface area contributed by atoms with Crippen molar-refractivity contribution >= 4 is 47.6 Å². The van der Waals surface area contributed by atoms with Gasteiger partial charge in [0.05, 0.1) is 19.3 Å². The number of Topliss-reactive ketones (excluding diaryl/α,β-unsaturated/α-hetero) is 1. The number of nitrogens with one attached hydrogen (secondary N) is 1. The Labute approximate surface area is 302 Å². The number of benzene rings is 2. The smallest absolute Gasteiger partial charge is 0.355 e. The van der Waals surface area contributed by atoms with Crippen molar-refractivity contribution in [2.24, 2.45) is 0 Å². The first-order valence-electron chi connectivity index (χ1n) is 18.2. The van der Waals surface area contributed by atoms with E-state index in [9.17, 15) is 19.2 Å². The highest BCUT2D eigenvalue weighted by Crippen LogP contribution is 2.54. The number of ether oxygens (including phenoxy) is 3. The van der Waals surface area contributed by atoms with Crippen LogP contribution in [-0.4, -0.2) is 89.4 Å². The molecule has 2 aromatic carbocycles. The maximum absolute atomic E-state index is 14.6. The highest BCUT2D eigenvalue weighted by Gasteiger charge is 2.54. The Bertz CT molecular complexity index is 1450. The number of carbonyl (C=O) groups is 4. The van der Waals surface area contributed by atoms with Gasteiger partial charge in [-0.25, -0.2) is 4.79 Å². The molecule has 0 bridgehead atoms. The summed E-state index contributed by atoms with van der Waals surface area (Å²) < 4.78 is 17.1. The summed E-state index contributed by atoms with van der Waals surface area (Å²) in [6, 6.07) is 15.9. The second-order valence-electron chi connectivity index (χ2n) is 13.2. The molecule has 2 aliphatic heterocycles. The third-order valence-electron chi connectivity index (χ3n) is 9.46. The number of unbranched alkanes of at least 4 members (excludes halogenated alkanes) is 3. The molecule has 2 amide bonds. The Balaban J connectivity index is 1.74. The van der Waals surface area contributed by atoms with Gasteiger partial charge in [0.25, 0.3) is 5.91 Å². The fourth-order valence-electron chi connectivity index (χ4n) is 6.58. The van der Waals surface area contributed by atoms with Crippen molar-refractivity contribution in [2.45, 2.75) is 103 Å². The van der Waals surface area contributed by atoms with Crippen LogP contribution in [-0.2, 0) is 41.7 Å². The van der Waals surface area contributed by atoms with E-state index < -0.39 is 30.4 Å². The molecule has 50 heavy (non-hydrogen) atoms. The van der Waals surface area contributed by atoms with Crippen LogP contribution in [0.5, 0.6) is 5.75 Å². The minimum Gasteiger partial charge on any atom is -0.497 e. The number of esters is 1. The van der Waals surface area contributed by atoms with Crippen LogP contribution in [0.15, 0.2) is 54.6 Å². The zero-order valence-corrected chi connectivity index (χ0v) is 31.9. The number of carbonyl (C=O) groups excluding carboxylic acids is 4. The number of β-lactam (4-membered cyclic amide) rings is 1. The van der Waals surface area contributed by atoms with Gasteiger partial charge in [-0.05, 0) is 73.8 Å². The molecular formula is C39H55N2O7PS. The minimum absolute atomic E-state index is 0.0335. The summed E-state index contributed by atoms with van der Waals surface area (Å²) in [7, 11) is 1.60. The van der Waals surface area contributed by atoms with Gasteiger partial charge in [0, 0.05) is 6.61 Å². The lowest BCUT2D eigenvalue weighted by atomic mass is 10.1. The first kappa shape index (κ1) is 39.7. The van der Waals surface area contributed by atoms with Crippen LogP contribution < -0.4 is 10.1 Å². The van der Waals surface area contributed by atoms with Gasteiger partial charge in [-0.3, -0.25) is 19.3 Å². The number of methoxy groups -OCH3 is 1. The normalized spacial score (nSPS) is 18.8. The molecule has 0 spiro atoms. The lowest BCUT2D eigenvalue weighted by Crippen LogP contribution is -2.72. The lowest BCUT2D eigenvalue weighted by Gasteiger charge is -2.49. The zero-order valence-electron chi connectivity index (χ0n) is 30.2. The maximum Gasteiger partial charge on any atom is 0.355 e. The van der Waals surface area contributed by atoms with Gasteiger partial charge >= 0.3 is 5.97 Å². The SMILES string of the molecule is CCCCP(CCCC)(CCCC)=C(C(=O)OCc1ccc(OC)cc1)N1C(=O)[C@@H](NC(=O)Cc2ccccc2)[C@H]1SCC(=O)[C@H]1CCCO1. The van der Waals surface area contributed by atoms with Crippen molar-refractivity contribution in [1.82, 2.24) is 10.2 Å². The number of hydrogen-bond donors (Lipinski definition) is 1. The summed E-state index contributed by atoms with van der Waals surface area (Å²) in [4.78, 5) is 57.2. The number of hydrogen-bond acceptors (Lipinski definition) is 8. The average molecular weight is 727 g/mol. The Morgan fingerprint density at radius 3 is 2.12 bits per heavy atom. The standard InChI is InChI=1S/C39H55N2O7PS/c1-5-8-23-49(24-9-6-2,25-10-7-3)37(39(45)48-27-30-18-20-31(46-4)21-19-30)41-36(44)35(40-34(43)26-29-15-12-11-13-16-29)38(41)50-28-32(42)33-17-14-22-47-33/h11-13,15-16,18-21,33,35,38H,5-10,14,17,22-28H2,1-4H3,(H,40,43)/t33-,35-,38-/m1/s1. The molecule has 2 fully saturated rings. The Morgan fingerprint density at radius 1 is 0.920 bits per heavy atom. The quantitative estimate of drug-likeness (QED) is 0.0864. The summed E-state index contributed by atoms with van der Waals surface area (Å²) >= 11 is 1.31. The molecule has 2 heterocycles. The predicted molar refractivity (Wildman–Crippen MR) is 203 cm³/mol. The zero-order chi connectivity index (χ0) is 35.9. The molecule has 9 nitrogen and oxygen atoms in total. The van der Waals surface area contributed by atoms with Crippen LogP contribution in [0.4, 0.5) is 0 Å². The molecule has 3 atom stereocenters. The van der Waals surface area contributed by atoms with E-state index in [0.29, 0.717) is 24.2 Å². The van der Waals surface area contributed by atoms with Crippen molar-refractivity contribution in [3.8, 4) is 5.75 Å². The molecule has 0 unspecified atom stereocenters. The molecule has 2 aliphatic rings. The number of amides is 2. The molecule has 11 heteroatoms. The van der Waals surface area contributed by atoms with E-state index in [0.717, 1.165) is 74.6 Å². The monoisotopic (exact) mass is 726 g/mol. The fourth-order valence-corrected chi connectivity index (χ4v) is 13.1. The number of thioether (sulfide) groups is 1. The second kappa shape index (κ2) is 20.1. The average Bonchev–Trinajstić information content (AvgIpc) is 3.69. The van der Waals surface area contributed by atoms with Crippen molar-refractivity contribution in [1.29, 1.82) is 0 Å². The van der Waals surface area contributed by atoms with E-state index in [1.54, 1.807) is 12.0 Å². The van der Waals surface area contributed by atoms with Crippen LogP contribution in [0.25, 0.3) is 0 Å². The van der Waals surface area contributed by atoms with E-state index in [1.165, 1.54) is 11.8 Å². The predicted octanol–water partition coefficient (Wildman–Crippen LogP) is 6.66. The first-order valence-corrected chi connectivity index (χ1v) is 21.6. The molecule has 0 saturated carbocycles. The second-order valence-corrected chi connectivity index (χ2v) is 18.4. The lowest BCUT2D eigenvalue weighted by molar-refractivity contribution is -0.146. The molecule has 1 N–H and O–H groups in total. The van der Waals surface area contributed by atoms with E-state index >= 15 is 0 Å². The maximum atomic E-state index is 14.6. The Hall–Kier alpha value is -3.07. The van der Waals surface area contributed by atoms with E-state index in [4.69, 9.17) is 14.2 Å². The molecule has 0 aromatic heterocycles. The summed E-state index contributed by atoms with van der Waals surface area (Å²) in [5, 5.41) is 2.35. The van der Waals surface area contributed by atoms with Crippen molar-refractivity contribution < 1.29 is 33.4 Å². The van der Waals surface area contributed by atoms with Crippen LogP contribution in [0, 0.1) is 0 Å². The van der Waals surface area contributed by atoms with Crippen LogP contribution in [0.3, 0.4) is 0 Å². The van der Waals surface area contributed by atoms with Gasteiger partial charge in [0.1, 0.15) is 35.3 Å². The van der Waals surface area contributed by atoms with Crippen LogP contribution >= 0.6 is 18.6 Å². The number of rotatable bonds is 21. The van der Waals surface area contributed by atoms with Crippen molar-refractivity contribution in [2.75, 3.05) is 38.0 Å². The topological polar surface area (TPSA) is 111 Å². The summed E-state index contributed by atoms with van der Waals surface area (Å²) in [5.74, 6) is -0.288. The number of ketones is 1. The molecular weight excluding hydrogens is 671 g/mol. The van der Waals surface area contributed by atoms with Gasteiger partial charge in [-0.1, -0.05) is 89.4 Å². The highest BCUT2D eigenvalue weighted by atomic mass is 32.2. The minimum atomic E-state index is -2.23. The molecule has 0 aliphatic carbocycles. The van der Waals surface area contributed by atoms with E-state index in [-0.39, 0.29) is 36.4 Å². The van der Waals surface area contributed by atoms with Gasteiger partial charge in [-0.2, -0.15) is 0 Å². The molecule has 2 saturated heterocycles. The summed E-state index contributed by atoms with van der Waals surface area (Å²) in [5.41, 5.74) is 2.12. The van der Waals surface area contributed by atoms with Gasteiger partial charge in [0.15, 0.2) is 5.78 Å². The molecule has 274 valence electrons. The third-order valence-corrected chi connectivity index (χ3v) is 15.5. The van der Waals surface area contributed by atoms with Crippen LogP contribution in [0.2, 0.25) is 0 Å². The van der Waals surface area contributed by atoms with Gasteiger partial charge in [-0.15, -0.1) is 11.8 Å². The number of nitrogens with zero attached hydrogens (tertiary/aromatic N) is 1.